The lowest BCUT2D eigenvalue weighted by Gasteiger charge is -2.30. The van der Waals surface area contributed by atoms with Gasteiger partial charge in [0.25, 0.3) is 0 Å². The molecule has 1 fully saturated rings. The van der Waals surface area contributed by atoms with Crippen molar-refractivity contribution in [3.05, 3.63) is 11.3 Å². The minimum absolute atomic E-state index is 0.129. The van der Waals surface area contributed by atoms with Crippen LogP contribution in [0.1, 0.15) is 31.5 Å². The molecule has 17 heavy (non-hydrogen) atoms. The Bertz CT molecular complexity index is 474. The van der Waals surface area contributed by atoms with Crippen LogP contribution in [0.3, 0.4) is 0 Å². The van der Waals surface area contributed by atoms with Gasteiger partial charge in [-0.15, -0.1) is 0 Å². The van der Waals surface area contributed by atoms with Crippen LogP contribution in [0.15, 0.2) is 0 Å². The largest absolute Gasteiger partial charge is 0.376 e. The Morgan fingerprint density at radius 3 is 2.88 bits per heavy atom. The standard InChI is InChI=1S/C12H18N4O/c1-8-10(7-13)11(16(4)15-8)14-12(3)5-6-17-9(12)2/h9,14H,5-6H2,1-4H3. The van der Waals surface area contributed by atoms with E-state index in [2.05, 4.69) is 30.3 Å². The molecule has 1 N–H and O–H groups in total. The van der Waals surface area contributed by atoms with Gasteiger partial charge in [-0.25, -0.2) is 0 Å². The minimum atomic E-state index is -0.133. The minimum Gasteiger partial charge on any atom is -0.376 e. The number of nitriles is 1. The SMILES string of the molecule is Cc1nn(C)c(NC2(C)CCOC2C)c1C#N. The summed E-state index contributed by atoms with van der Waals surface area (Å²) in [5.74, 6) is 0.782. The molecule has 2 rings (SSSR count). The summed E-state index contributed by atoms with van der Waals surface area (Å²) in [6.45, 7) is 6.77. The van der Waals surface area contributed by atoms with E-state index in [0.717, 1.165) is 24.5 Å². The van der Waals surface area contributed by atoms with Gasteiger partial charge in [-0.3, -0.25) is 4.68 Å². The van der Waals surface area contributed by atoms with Crippen LogP contribution < -0.4 is 5.32 Å². The molecular weight excluding hydrogens is 216 g/mol. The number of rotatable bonds is 2. The molecule has 2 heterocycles. The van der Waals surface area contributed by atoms with Gasteiger partial charge in [-0.2, -0.15) is 10.4 Å². The Morgan fingerprint density at radius 1 is 1.65 bits per heavy atom. The summed E-state index contributed by atoms with van der Waals surface area (Å²) in [6, 6.07) is 2.20. The summed E-state index contributed by atoms with van der Waals surface area (Å²) in [6.07, 6.45) is 1.06. The molecule has 0 spiro atoms. The molecule has 2 unspecified atom stereocenters. The second kappa shape index (κ2) is 4.04. The monoisotopic (exact) mass is 234 g/mol. The molecule has 1 aliphatic heterocycles. The number of anilines is 1. The van der Waals surface area contributed by atoms with Gasteiger partial charge in [-0.1, -0.05) is 0 Å². The molecule has 1 aromatic heterocycles. The van der Waals surface area contributed by atoms with Crippen molar-refractivity contribution in [1.29, 1.82) is 5.26 Å². The lowest BCUT2D eigenvalue weighted by Crippen LogP contribution is -2.42. The van der Waals surface area contributed by atoms with Crippen molar-refractivity contribution in [2.75, 3.05) is 11.9 Å². The van der Waals surface area contributed by atoms with Crippen LogP contribution in [0, 0.1) is 18.3 Å². The number of hydrogen-bond acceptors (Lipinski definition) is 4. The van der Waals surface area contributed by atoms with Gasteiger partial charge in [0.2, 0.25) is 0 Å². The van der Waals surface area contributed by atoms with Gasteiger partial charge in [-0.05, 0) is 27.2 Å². The molecule has 0 aromatic carbocycles. The van der Waals surface area contributed by atoms with Crippen LogP contribution in [-0.4, -0.2) is 28.0 Å². The maximum absolute atomic E-state index is 9.16. The van der Waals surface area contributed by atoms with Crippen molar-refractivity contribution in [2.45, 2.75) is 38.8 Å². The Kier molecular flexibility index (Phi) is 2.84. The highest BCUT2D eigenvalue weighted by Crippen LogP contribution is 2.31. The lowest BCUT2D eigenvalue weighted by molar-refractivity contribution is 0.105. The molecule has 0 amide bonds. The third kappa shape index (κ3) is 1.89. The summed E-state index contributed by atoms with van der Waals surface area (Å²) in [5.41, 5.74) is 1.24. The molecule has 92 valence electrons. The highest BCUT2D eigenvalue weighted by molar-refractivity contribution is 5.56. The van der Waals surface area contributed by atoms with E-state index < -0.39 is 0 Å². The van der Waals surface area contributed by atoms with Crippen LogP contribution >= 0.6 is 0 Å². The molecule has 0 radical (unpaired) electrons. The number of aromatic nitrogens is 2. The summed E-state index contributed by atoms with van der Waals surface area (Å²) in [7, 11) is 1.85. The first-order chi connectivity index (χ1) is 7.98. The summed E-state index contributed by atoms with van der Waals surface area (Å²) >= 11 is 0. The van der Waals surface area contributed by atoms with Crippen molar-refractivity contribution in [1.82, 2.24) is 9.78 Å². The number of aryl methyl sites for hydroxylation is 2. The topological polar surface area (TPSA) is 62.9 Å². The first-order valence-electron chi connectivity index (χ1n) is 5.81. The van der Waals surface area contributed by atoms with Crippen LogP contribution in [0.25, 0.3) is 0 Å². The van der Waals surface area contributed by atoms with Gasteiger partial charge in [0, 0.05) is 13.7 Å². The van der Waals surface area contributed by atoms with E-state index in [4.69, 9.17) is 10.00 Å². The molecule has 0 bridgehead atoms. The maximum Gasteiger partial charge on any atom is 0.142 e. The zero-order valence-corrected chi connectivity index (χ0v) is 10.7. The molecule has 2 atom stereocenters. The quantitative estimate of drug-likeness (QED) is 0.844. The van der Waals surface area contributed by atoms with Crippen molar-refractivity contribution in [3.8, 4) is 6.07 Å². The predicted octanol–water partition coefficient (Wildman–Crippen LogP) is 1.58. The highest BCUT2D eigenvalue weighted by atomic mass is 16.5. The van der Waals surface area contributed by atoms with E-state index >= 15 is 0 Å². The third-order valence-electron chi connectivity index (χ3n) is 3.62. The highest BCUT2D eigenvalue weighted by Gasteiger charge is 2.38. The van der Waals surface area contributed by atoms with Gasteiger partial charge < -0.3 is 10.1 Å². The number of hydrogen-bond donors (Lipinski definition) is 1. The lowest BCUT2D eigenvalue weighted by atomic mass is 9.94. The zero-order valence-electron chi connectivity index (χ0n) is 10.7. The maximum atomic E-state index is 9.16. The molecule has 1 aliphatic rings. The van der Waals surface area contributed by atoms with Crippen LogP contribution in [0.5, 0.6) is 0 Å². The first kappa shape index (κ1) is 11.9. The molecule has 1 saturated heterocycles. The Morgan fingerprint density at radius 2 is 2.35 bits per heavy atom. The predicted molar refractivity (Wildman–Crippen MR) is 64.7 cm³/mol. The molecule has 0 saturated carbocycles. The van der Waals surface area contributed by atoms with Crippen molar-refractivity contribution >= 4 is 5.82 Å². The average Bonchev–Trinajstić information content (AvgIpc) is 2.71. The fourth-order valence-corrected chi connectivity index (χ4v) is 2.20. The number of nitrogens with one attached hydrogen (secondary N) is 1. The van der Waals surface area contributed by atoms with Crippen LogP contribution in [0.2, 0.25) is 0 Å². The number of ether oxygens (including phenoxy) is 1. The Hall–Kier alpha value is -1.54. The Labute approximate surface area is 101 Å². The molecule has 5 nitrogen and oxygen atoms in total. The van der Waals surface area contributed by atoms with Crippen molar-refractivity contribution in [2.24, 2.45) is 7.05 Å². The third-order valence-corrected chi connectivity index (χ3v) is 3.62. The van der Waals surface area contributed by atoms with Gasteiger partial charge >= 0.3 is 0 Å². The van der Waals surface area contributed by atoms with E-state index in [1.54, 1.807) is 4.68 Å². The molecular formula is C12H18N4O. The Balaban J connectivity index is 2.33. The van der Waals surface area contributed by atoms with E-state index in [0.29, 0.717) is 5.56 Å². The summed E-state index contributed by atoms with van der Waals surface area (Å²) < 4.78 is 7.31. The molecule has 5 heteroatoms. The van der Waals surface area contributed by atoms with E-state index in [1.807, 2.05) is 14.0 Å². The first-order valence-corrected chi connectivity index (χ1v) is 5.81. The number of nitrogens with zero attached hydrogens (tertiary/aromatic N) is 3. The smallest absolute Gasteiger partial charge is 0.142 e. The second-order valence-electron chi connectivity index (χ2n) is 4.85. The van der Waals surface area contributed by atoms with Gasteiger partial charge in [0.05, 0.1) is 17.3 Å². The van der Waals surface area contributed by atoms with Crippen molar-refractivity contribution < 1.29 is 4.74 Å². The fourth-order valence-electron chi connectivity index (χ4n) is 2.20. The van der Waals surface area contributed by atoms with Crippen LogP contribution in [-0.2, 0) is 11.8 Å². The van der Waals surface area contributed by atoms with E-state index in [-0.39, 0.29) is 11.6 Å². The van der Waals surface area contributed by atoms with E-state index in [9.17, 15) is 0 Å². The summed E-state index contributed by atoms with van der Waals surface area (Å²) in [5, 5.41) is 16.9. The summed E-state index contributed by atoms with van der Waals surface area (Å²) in [4.78, 5) is 0. The van der Waals surface area contributed by atoms with Crippen LogP contribution in [0.4, 0.5) is 5.82 Å². The fraction of sp³-hybridized carbons (Fsp3) is 0.667. The molecule has 0 aliphatic carbocycles. The van der Waals surface area contributed by atoms with E-state index in [1.165, 1.54) is 0 Å². The molecule has 1 aromatic rings. The average molecular weight is 234 g/mol. The van der Waals surface area contributed by atoms with Gasteiger partial charge in [0.15, 0.2) is 0 Å². The second-order valence-corrected chi connectivity index (χ2v) is 4.85. The van der Waals surface area contributed by atoms with Crippen molar-refractivity contribution in [3.63, 3.8) is 0 Å². The normalized spacial score (nSPS) is 28.1. The van der Waals surface area contributed by atoms with Gasteiger partial charge in [0.1, 0.15) is 17.5 Å². The zero-order chi connectivity index (χ0) is 12.6.